The molecule has 0 bridgehead atoms. The first-order chi connectivity index (χ1) is 17.8. The number of rotatable bonds is 7. The van der Waals surface area contributed by atoms with Crippen LogP contribution in [0.25, 0.3) is 6.08 Å². The Hall–Kier alpha value is -3.07. The zero-order valence-electron chi connectivity index (χ0n) is 20.2. The average molecular weight is 649 g/mol. The highest BCUT2D eigenvalue weighted by molar-refractivity contribution is 14.1. The van der Waals surface area contributed by atoms with Gasteiger partial charge in [-0.15, -0.1) is 6.42 Å². The minimum absolute atomic E-state index is 0.0354. The van der Waals surface area contributed by atoms with Crippen molar-refractivity contribution in [1.29, 1.82) is 0 Å². The largest absolute Gasteiger partial charge is 0.493 e. The molecule has 0 amide bonds. The van der Waals surface area contributed by atoms with Crippen LogP contribution < -0.4 is 24.4 Å². The van der Waals surface area contributed by atoms with Crippen molar-refractivity contribution in [3.05, 3.63) is 87.1 Å². The lowest BCUT2D eigenvalue weighted by Gasteiger charge is -2.25. The van der Waals surface area contributed by atoms with Gasteiger partial charge in [-0.3, -0.25) is 9.36 Å². The van der Waals surface area contributed by atoms with Gasteiger partial charge in [0.25, 0.3) is 5.56 Å². The molecule has 10 heteroatoms. The number of hydrogen-bond donors (Lipinski definition) is 0. The Labute approximate surface area is 236 Å². The van der Waals surface area contributed by atoms with Gasteiger partial charge in [0.1, 0.15) is 12.6 Å². The number of terminal acetylenes is 1. The molecule has 1 atom stereocenters. The minimum Gasteiger partial charge on any atom is -0.493 e. The van der Waals surface area contributed by atoms with Gasteiger partial charge >= 0.3 is 5.97 Å². The van der Waals surface area contributed by atoms with E-state index in [4.69, 9.17) is 32.2 Å². The molecule has 7 nitrogen and oxygen atoms in total. The summed E-state index contributed by atoms with van der Waals surface area (Å²) in [5.41, 5.74) is 1.62. The molecule has 0 saturated carbocycles. The number of carbonyl (C=O) groups excluding carboxylic acids is 1. The molecule has 0 fully saturated rings. The van der Waals surface area contributed by atoms with Gasteiger partial charge < -0.3 is 14.2 Å². The fraction of sp³-hybridized carbons (Fsp3) is 0.222. The second-order valence-corrected chi connectivity index (χ2v) is 10.5. The smallest absolute Gasteiger partial charge is 0.338 e. The molecule has 2 heterocycles. The number of benzene rings is 2. The predicted octanol–water partition coefficient (Wildman–Crippen LogP) is 4.08. The zero-order chi connectivity index (χ0) is 26.7. The number of methoxy groups -OCH3 is 1. The molecule has 0 saturated heterocycles. The van der Waals surface area contributed by atoms with E-state index in [2.05, 4.69) is 33.5 Å². The first kappa shape index (κ1) is 27.0. The van der Waals surface area contributed by atoms with Gasteiger partial charge in [-0.2, -0.15) is 0 Å². The molecule has 1 aliphatic rings. The van der Waals surface area contributed by atoms with Crippen molar-refractivity contribution in [3.8, 4) is 23.8 Å². The number of allylic oxidation sites excluding steroid dienone is 1. The molecule has 0 N–H and O–H groups in total. The summed E-state index contributed by atoms with van der Waals surface area (Å²) in [6.45, 7) is 3.67. The minimum atomic E-state index is -0.797. The van der Waals surface area contributed by atoms with E-state index in [1.54, 1.807) is 38.1 Å². The Morgan fingerprint density at radius 2 is 2.11 bits per heavy atom. The number of hydrogen-bond acceptors (Lipinski definition) is 7. The van der Waals surface area contributed by atoms with Crippen LogP contribution in [0.3, 0.4) is 0 Å². The lowest BCUT2D eigenvalue weighted by molar-refractivity contribution is -0.139. The summed E-state index contributed by atoms with van der Waals surface area (Å²) in [6, 6.07) is 10.00. The average Bonchev–Trinajstić information content (AvgIpc) is 3.17. The summed E-state index contributed by atoms with van der Waals surface area (Å²) in [5.74, 6) is 2.83. The molecule has 2 aromatic carbocycles. The van der Waals surface area contributed by atoms with Crippen LogP contribution >= 0.6 is 45.5 Å². The number of carbonyl (C=O) groups is 1. The van der Waals surface area contributed by atoms with Crippen LogP contribution in [0.2, 0.25) is 5.02 Å². The maximum Gasteiger partial charge on any atom is 0.338 e. The van der Waals surface area contributed by atoms with Crippen molar-refractivity contribution in [2.45, 2.75) is 19.9 Å². The molecular formula is C27H22ClIN2O5S. The third-order valence-electron chi connectivity index (χ3n) is 5.57. The molecule has 3 aromatic rings. The molecule has 4 rings (SSSR count). The normalized spacial score (nSPS) is 15.0. The molecule has 0 unspecified atom stereocenters. The number of thiazole rings is 1. The number of aromatic nitrogens is 1. The van der Waals surface area contributed by atoms with Crippen molar-refractivity contribution in [1.82, 2.24) is 4.57 Å². The Morgan fingerprint density at radius 1 is 1.35 bits per heavy atom. The molecular weight excluding hydrogens is 627 g/mol. The van der Waals surface area contributed by atoms with Gasteiger partial charge in [-0.05, 0) is 66.3 Å². The van der Waals surface area contributed by atoms with Crippen molar-refractivity contribution in [3.63, 3.8) is 0 Å². The van der Waals surface area contributed by atoms with Gasteiger partial charge in [0.15, 0.2) is 16.3 Å². The maximum absolute atomic E-state index is 13.9. The Bertz CT molecular complexity index is 1630. The molecule has 0 spiro atoms. The fourth-order valence-corrected chi connectivity index (χ4v) is 5.93. The summed E-state index contributed by atoms with van der Waals surface area (Å²) >= 11 is 9.92. The number of fused-ring (bicyclic) bond motifs is 1. The first-order valence-electron chi connectivity index (χ1n) is 11.2. The topological polar surface area (TPSA) is 79.1 Å². The van der Waals surface area contributed by atoms with Crippen LogP contribution in [0.1, 0.15) is 31.0 Å². The molecule has 1 aliphatic heterocycles. The molecule has 37 heavy (non-hydrogen) atoms. The van der Waals surface area contributed by atoms with Crippen LogP contribution in [0.4, 0.5) is 0 Å². The van der Waals surface area contributed by atoms with Crippen LogP contribution in [-0.2, 0) is 9.53 Å². The summed E-state index contributed by atoms with van der Waals surface area (Å²) in [4.78, 5) is 31.9. The van der Waals surface area contributed by atoms with Gasteiger partial charge in [-0.25, -0.2) is 9.79 Å². The van der Waals surface area contributed by atoms with Crippen LogP contribution in [0.5, 0.6) is 11.5 Å². The van der Waals surface area contributed by atoms with Gasteiger partial charge in [-0.1, -0.05) is 47.1 Å². The molecule has 0 radical (unpaired) electrons. The van der Waals surface area contributed by atoms with E-state index in [-0.39, 0.29) is 24.3 Å². The van der Waals surface area contributed by atoms with E-state index in [0.717, 1.165) is 3.57 Å². The van der Waals surface area contributed by atoms with E-state index in [1.807, 2.05) is 18.2 Å². The van der Waals surface area contributed by atoms with Gasteiger partial charge in [0.05, 0.1) is 29.5 Å². The monoisotopic (exact) mass is 648 g/mol. The number of nitrogens with zero attached hydrogens (tertiary/aromatic N) is 2. The highest BCUT2D eigenvalue weighted by Gasteiger charge is 2.34. The second kappa shape index (κ2) is 11.5. The molecule has 190 valence electrons. The summed E-state index contributed by atoms with van der Waals surface area (Å²) in [5, 5.41) is 0.422. The molecule has 1 aromatic heterocycles. The van der Waals surface area contributed by atoms with E-state index in [1.165, 1.54) is 23.0 Å². The Balaban J connectivity index is 1.99. The first-order valence-corrected chi connectivity index (χ1v) is 13.5. The van der Waals surface area contributed by atoms with Crippen LogP contribution in [0.15, 0.2) is 57.5 Å². The van der Waals surface area contributed by atoms with Crippen molar-refractivity contribution < 1.29 is 19.0 Å². The van der Waals surface area contributed by atoms with Gasteiger partial charge in [0.2, 0.25) is 0 Å². The van der Waals surface area contributed by atoms with E-state index < -0.39 is 12.0 Å². The standard InChI is InChI=1S/C27H22ClIN2O5S/c1-5-11-36-24-16(12-17(29)14-20(24)34-4)13-21-25(32)31-23(18-9-7-8-10-19(18)28)22(26(33)35-6-2)15(3)30-27(31)37-21/h1,7-10,12-14,23H,6,11H2,2-4H3/b21-13-/t23-/m0/s1. The van der Waals surface area contributed by atoms with E-state index in [0.29, 0.717) is 42.7 Å². The predicted molar refractivity (Wildman–Crippen MR) is 152 cm³/mol. The van der Waals surface area contributed by atoms with Crippen molar-refractivity contribution in [2.24, 2.45) is 4.99 Å². The highest BCUT2D eigenvalue weighted by atomic mass is 127. The fourth-order valence-electron chi connectivity index (χ4n) is 4.04. The number of ether oxygens (including phenoxy) is 3. The maximum atomic E-state index is 13.9. The third kappa shape index (κ3) is 5.32. The number of esters is 1. The second-order valence-electron chi connectivity index (χ2n) is 7.84. The summed E-state index contributed by atoms with van der Waals surface area (Å²) < 4.78 is 19.3. The summed E-state index contributed by atoms with van der Waals surface area (Å²) in [7, 11) is 1.54. The van der Waals surface area contributed by atoms with Crippen molar-refractivity contribution >= 4 is 57.6 Å². The lowest BCUT2D eigenvalue weighted by atomic mass is 9.96. The Kier molecular flexibility index (Phi) is 8.42. The third-order valence-corrected chi connectivity index (χ3v) is 7.52. The van der Waals surface area contributed by atoms with Crippen LogP contribution in [0, 0.1) is 15.9 Å². The van der Waals surface area contributed by atoms with Crippen LogP contribution in [-0.4, -0.2) is 30.9 Å². The van der Waals surface area contributed by atoms with E-state index >= 15 is 0 Å². The van der Waals surface area contributed by atoms with Gasteiger partial charge in [0, 0.05) is 14.2 Å². The van der Waals surface area contributed by atoms with Crippen molar-refractivity contribution in [2.75, 3.05) is 20.3 Å². The summed E-state index contributed by atoms with van der Waals surface area (Å²) in [6.07, 6.45) is 7.12. The molecule has 0 aliphatic carbocycles. The number of halogens is 2. The van der Waals surface area contributed by atoms with E-state index in [9.17, 15) is 9.59 Å². The zero-order valence-corrected chi connectivity index (χ0v) is 23.9. The SMILES string of the molecule is C#CCOc1c(/C=c2\sc3n(c2=O)[C@@H](c2ccccc2Cl)C(C(=O)OCC)=C(C)N=3)cc(I)cc1OC. The quantitative estimate of drug-likeness (QED) is 0.219. The Morgan fingerprint density at radius 3 is 2.78 bits per heavy atom. The highest BCUT2D eigenvalue weighted by Crippen LogP contribution is 2.35. The lowest BCUT2D eigenvalue weighted by Crippen LogP contribution is -2.40.